The first-order valence-electron chi connectivity index (χ1n) is 4.47. The molecule has 0 N–H and O–H groups in total. The number of rotatable bonds is 3. The number of hydrogen-bond acceptors (Lipinski definition) is 1. The van der Waals surface area contributed by atoms with Crippen LogP contribution in [0.2, 0.25) is 0 Å². The second-order valence-corrected chi connectivity index (χ2v) is 4.05. The first kappa shape index (κ1) is 10.1. The number of allylic oxidation sites excluding steroid dienone is 1. The molecule has 0 aliphatic carbocycles. The Balaban J connectivity index is 2.71. The average molecular weight is 189 g/mol. The molecule has 0 bridgehead atoms. The number of ether oxygens (including phenoxy) is 1. The zero-order valence-corrected chi connectivity index (χ0v) is 8.60. The topological polar surface area (TPSA) is 9.23 Å². The fourth-order valence-corrected chi connectivity index (χ4v) is 2.47. The van der Waals surface area contributed by atoms with E-state index in [4.69, 9.17) is 16.3 Å². The normalized spacial score (nSPS) is 41.6. The maximum atomic E-state index is 5.98. The standard InChI is InChI=1S/C10H17ClO/c1-4-5-10(7-11)6-8(2)12-9(10)3/h4,8-9H,1,5-7H2,2-3H3. The molecule has 1 aliphatic heterocycles. The van der Waals surface area contributed by atoms with Crippen molar-refractivity contribution < 1.29 is 4.74 Å². The summed E-state index contributed by atoms with van der Waals surface area (Å²) in [5, 5.41) is 0. The molecule has 12 heavy (non-hydrogen) atoms. The highest BCUT2D eigenvalue weighted by molar-refractivity contribution is 6.18. The van der Waals surface area contributed by atoms with Crippen LogP contribution >= 0.6 is 11.6 Å². The van der Waals surface area contributed by atoms with Gasteiger partial charge in [0.1, 0.15) is 0 Å². The molecule has 1 heterocycles. The quantitative estimate of drug-likeness (QED) is 0.489. The Bertz CT molecular complexity index is 169. The minimum Gasteiger partial charge on any atom is -0.375 e. The first-order chi connectivity index (χ1) is 5.64. The van der Waals surface area contributed by atoms with Crippen LogP contribution in [0.25, 0.3) is 0 Å². The summed E-state index contributed by atoms with van der Waals surface area (Å²) in [6, 6.07) is 0. The lowest BCUT2D eigenvalue weighted by atomic mass is 9.79. The molecule has 0 aromatic carbocycles. The summed E-state index contributed by atoms with van der Waals surface area (Å²) in [5.74, 6) is 0.671. The van der Waals surface area contributed by atoms with Crippen molar-refractivity contribution in [2.75, 3.05) is 5.88 Å². The first-order valence-corrected chi connectivity index (χ1v) is 5.00. The van der Waals surface area contributed by atoms with Gasteiger partial charge in [-0.2, -0.15) is 0 Å². The van der Waals surface area contributed by atoms with E-state index in [0.717, 1.165) is 12.8 Å². The molecule has 0 aromatic rings. The van der Waals surface area contributed by atoms with E-state index in [1.807, 2.05) is 6.08 Å². The molecule has 3 unspecified atom stereocenters. The molecule has 0 saturated carbocycles. The lowest BCUT2D eigenvalue weighted by Crippen LogP contribution is -2.29. The van der Waals surface area contributed by atoms with Crippen molar-refractivity contribution in [3.63, 3.8) is 0 Å². The van der Waals surface area contributed by atoms with E-state index in [9.17, 15) is 0 Å². The fraction of sp³-hybridized carbons (Fsp3) is 0.800. The van der Waals surface area contributed by atoms with Gasteiger partial charge < -0.3 is 4.74 Å². The summed E-state index contributed by atoms with van der Waals surface area (Å²) in [7, 11) is 0. The molecular weight excluding hydrogens is 172 g/mol. The van der Waals surface area contributed by atoms with Gasteiger partial charge in [0.15, 0.2) is 0 Å². The summed E-state index contributed by atoms with van der Waals surface area (Å²) >= 11 is 5.98. The molecule has 1 rings (SSSR count). The molecule has 3 atom stereocenters. The number of alkyl halides is 1. The van der Waals surface area contributed by atoms with Gasteiger partial charge in [0.05, 0.1) is 12.2 Å². The summed E-state index contributed by atoms with van der Waals surface area (Å²) in [5.41, 5.74) is 0.142. The molecule has 1 nitrogen and oxygen atoms in total. The van der Waals surface area contributed by atoms with E-state index in [0.29, 0.717) is 12.0 Å². The van der Waals surface area contributed by atoms with Crippen molar-refractivity contribution in [2.45, 2.75) is 38.9 Å². The summed E-state index contributed by atoms with van der Waals surface area (Å²) in [4.78, 5) is 0. The third-order valence-corrected chi connectivity index (χ3v) is 3.34. The molecule has 0 spiro atoms. The maximum Gasteiger partial charge on any atom is 0.0622 e. The van der Waals surface area contributed by atoms with E-state index >= 15 is 0 Å². The smallest absolute Gasteiger partial charge is 0.0622 e. The minimum atomic E-state index is 0.142. The lowest BCUT2D eigenvalue weighted by molar-refractivity contribution is 0.0377. The predicted molar refractivity (Wildman–Crippen MR) is 52.6 cm³/mol. The minimum absolute atomic E-state index is 0.142. The Morgan fingerprint density at radius 1 is 1.67 bits per heavy atom. The van der Waals surface area contributed by atoms with Crippen LogP contribution < -0.4 is 0 Å². The van der Waals surface area contributed by atoms with Crippen LogP contribution in [-0.2, 0) is 4.74 Å². The molecule has 0 radical (unpaired) electrons. The van der Waals surface area contributed by atoms with Gasteiger partial charge >= 0.3 is 0 Å². The van der Waals surface area contributed by atoms with Crippen LogP contribution in [0.3, 0.4) is 0 Å². The Morgan fingerprint density at radius 2 is 2.33 bits per heavy atom. The molecule has 1 saturated heterocycles. The molecule has 1 aliphatic rings. The largest absolute Gasteiger partial charge is 0.375 e. The third-order valence-electron chi connectivity index (χ3n) is 2.81. The third kappa shape index (κ3) is 1.67. The zero-order valence-electron chi connectivity index (χ0n) is 7.85. The molecule has 0 aromatic heterocycles. The SMILES string of the molecule is C=CCC1(CCl)CC(C)OC1C. The molecular formula is C10H17ClO. The molecule has 1 fully saturated rings. The van der Waals surface area contributed by atoms with Crippen molar-refractivity contribution in [3.8, 4) is 0 Å². The van der Waals surface area contributed by atoms with Crippen LogP contribution in [0.5, 0.6) is 0 Å². The highest BCUT2D eigenvalue weighted by atomic mass is 35.5. The highest BCUT2D eigenvalue weighted by Gasteiger charge is 2.42. The molecule has 0 amide bonds. The van der Waals surface area contributed by atoms with E-state index < -0.39 is 0 Å². The van der Waals surface area contributed by atoms with Crippen LogP contribution in [0, 0.1) is 5.41 Å². The summed E-state index contributed by atoms with van der Waals surface area (Å²) < 4.78 is 5.69. The maximum absolute atomic E-state index is 5.98. The summed E-state index contributed by atoms with van der Waals surface area (Å²) in [6.07, 6.45) is 4.58. The van der Waals surface area contributed by atoms with Gasteiger partial charge in [0, 0.05) is 11.3 Å². The van der Waals surface area contributed by atoms with Gasteiger partial charge in [0.2, 0.25) is 0 Å². The van der Waals surface area contributed by atoms with Gasteiger partial charge in [-0.15, -0.1) is 18.2 Å². The average Bonchev–Trinajstić information content (AvgIpc) is 2.28. The van der Waals surface area contributed by atoms with E-state index in [-0.39, 0.29) is 11.5 Å². The Labute approximate surface area is 79.7 Å². The van der Waals surface area contributed by atoms with Gasteiger partial charge in [-0.05, 0) is 26.7 Å². The lowest BCUT2D eigenvalue weighted by Gasteiger charge is -2.28. The van der Waals surface area contributed by atoms with Gasteiger partial charge in [-0.1, -0.05) is 6.08 Å². The second kappa shape index (κ2) is 3.80. The molecule has 2 heteroatoms. The van der Waals surface area contributed by atoms with Gasteiger partial charge in [0.25, 0.3) is 0 Å². The van der Waals surface area contributed by atoms with Crippen molar-refractivity contribution in [1.82, 2.24) is 0 Å². The Kier molecular flexibility index (Phi) is 3.19. The van der Waals surface area contributed by atoms with Crippen LogP contribution in [0.15, 0.2) is 12.7 Å². The van der Waals surface area contributed by atoms with E-state index in [1.165, 1.54) is 0 Å². The predicted octanol–water partition coefficient (Wildman–Crippen LogP) is 2.99. The van der Waals surface area contributed by atoms with Crippen LogP contribution in [0.4, 0.5) is 0 Å². The molecule has 70 valence electrons. The monoisotopic (exact) mass is 188 g/mol. The van der Waals surface area contributed by atoms with Crippen molar-refractivity contribution in [1.29, 1.82) is 0 Å². The highest BCUT2D eigenvalue weighted by Crippen LogP contribution is 2.42. The fourth-order valence-electron chi connectivity index (χ4n) is 2.03. The Morgan fingerprint density at radius 3 is 2.67 bits per heavy atom. The Hall–Kier alpha value is -0.0100. The second-order valence-electron chi connectivity index (χ2n) is 3.78. The van der Waals surface area contributed by atoms with Gasteiger partial charge in [-0.3, -0.25) is 0 Å². The zero-order chi connectivity index (χ0) is 9.19. The van der Waals surface area contributed by atoms with E-state index in [1.54, 1.807) is 0 Å². The number of halogens is 1. The van der Waals surface area contributed by atoms with Crippen molar-refractivity contribution in [2.24, 2.45) is 5.41 Å². The van der Waals surface area contributed by atoms with Gasteiger partial charge in [-0.25, -0.2) is 0 Å². The summed E-state index contributed by atoms with van der Waals surface area (Å²) in [6.45, 7) is 7.97. The van der Waals surface area contributed by atoms with Crippen molar-refractivity contribution >= 4 is 11.6 Å². The van der Waals surface area contributed by atoms with Crippen LogP contribution in [0.1, 0.15) is 26.7 Å². The number of hydrogen-bond donors (Lipinski definition) is 0. The van der Waals surface area contributed by atoms with Crippen LogP contribution in [-0.4, -0.2) is 18.1 Å². The van der Waals surface area contributed by atoms with E-state index in [2.05, 4.69) is 20.4 Å². The van der Waals surface area contributed by atoms with Crippen molar-refractivity contribution in [3.05, 3.63) is 12.7 Å².